The highest BCUT2D eigenvalue weighted by atomic mass is 32.1. The van der Waals surface area contributed by atoms with Gasteiger partial charge in [0, 0.05) is 5.38 Å². The molecule has 0 bridgehead atoms. The Morgan fingerprint density at radius 1 is 1.72 bits per heavy atom. The van der Waals surface area contributed by atoms with Crippen LogP contribution in [-0.2, 0) is 16.0 Å². The minimum Gasteiger partial charge on any atom is -0.462 e. The summed E-state index contributed by atoms with van der Waals surface area (Å²) in [5.41, 5.74) is 0.613. The van der Waals surface area contributed by atoms with Gasteiger partial charge in [-0.25, -0.2) is 4.98 Å². The van der Waals surface area contributed by atoms with Gasteiger partial charge in [-0.3, -0.25) is 4.79 Å². The number of rotatable bonds is 4. The van der Waals surface area contributed by atoms with Crippen LogP contribution < -0.4 is 0 Å². The van der Waals surface area contributed by atoms with E-state index < -0.39 is 12.1 Å². The number of ether oxygens (including phenoxy) is 1. The fraction of sp³-hybridized carbons (Fsp3) is 0.250. The molecule has 0 N–H and O–H groups in total. The zero-order chi connectivity index (χ0) is 13.0. The molecule has 0 amide bonds. The Balaban J connectivity index is 1.99. The van der Waals surface area contributed by atoms with Gasteiger partial charge >= 0.3 is 5.97 Å². The molecule has 92 valence electrons. The number of hydrogen-bond donors (Lipinski definition) is 0. The summed E-state index contributed by atoms with van der Waals surface area (Å²) in [6.07, 6.45) is 0.892. The standard InChI is InChI=1S/C12H10N2O3S/c1-8(6-13)17-11(15)5-9-7-18-12(14-9)10-3-2-4-16-10/h2-4,7-8H,5H2,1H3/t8-/m1/s1. The number of thiazole rings is 1. The second-order valence-electron chi connectivity index (χ2n) is 3.56. The van der Waals surface area contributed by atoms with Gasteiger partial charge in [-0.2, -0.15) is 5.26 Å². The number of esters is 1. The maximum absolute atomic E-state index is 11.4. The Labute approximate surface area is 108 Å². The van der Waals surface area contributed by atoms with E-state index in [0.717, 1.165) is 5.01 Å². The second-order valence-corrected chi connectivity index (χ2v) is 4.42. The maximum atomic E-state index is 11.4. The first-order valence-electron chi connectivity index (χ1n) is 5.26. The predicted molar refractivity (Wildman–Crippen MR) is 64.7 cm³/mol. The van der Waals surface area contributed by atoms with Gasteiger partial charge in [-0.1, -0.05) is 0 Å². The number of hydrogen-bond acceptors (Lipinski definition) is 6. The summed E-state index contributed by atoms with van der Waals surface area (Å²) in [4.78, 5) is 15.7. The Hall–Kier alpha value is -2.13. The lowest BCUT2D eigenvalue weighted by molar-refractivity contribution is -0.145. The highest BCUT2D eigenvalue weighted by Crippen LogP contribution is 2.24. The van der Waals surface area contributed by atoms with Gasteiger partial charge in [0.25, 0.3) is 0 Å². The molecular formula is C12H10N2O3S. The summed E-state index contributed by atoms with van der Waals surface area (Å²) in [6, 6.07) is 5.41. The number of carbonyl (C=O) groups excluding carboxylic acids is 1. The molecule has 2 aromatic heterocycles. The van der Waals surface area contributed by atoms with Crippen molar-refractivity contribution in [3.05, 3.63) is 29.5 Å². The topological polar surface area (TPSA) is 76.1 Å². The molecule has 0 aromatic carbocycles. The van der Waals surface area contributed by atoms with E-state index in [-0.39, 0.29) is 6.42 Å². The lowest BCUT2D eigenvalue weighted by Crippen LogP contribution is -2.15. The van der Waals surface area contributed by atoms with E-state index in [2.05, 4.69) is 4.98 Å². The van der Waals surface area contributed by atoms with Crippen LogP contribution in [0.2, 0.25) is 0 Å². The summed E-state index contributed by atoms with van der Waals surface area (Å²) in [6.45, 7) is 1.52. The maximum Gasteiger partial charge on any atom is 0.313 e. The molecule has 2 aromatic rings. The Bertz CT molecular complexity index is 568. The lowest BCUT2D eigenvalue weighted by Gasteiger charge is -2.03. The Morgan fingerprint density at radius 3 is 3.22 bits per heavy atom. The third-order valence-electron chi connectivity index (χ3n) is 2.10. The molecule has 0 fully saturated rings. The smallest absolute Gasteiger partial charge is 0.313 e. The third-order valence-corrected chi connectivity index (χ3v) is 3.00. The van der Waals surface area contributed by atoms with Gasteiger partial charge in [-0.05, 0) is 19.1 Å². The average Bonchev–Trinajstić information content (AvgIpc) is 2.98. The average molecular weight is 262 g/mol. The molecule has 6 heteroatoms. The van der Waals surface area contributed by atoms with Gasteiger partial charge in [-0.15, -0.1) is 11.3 Å². The first-order valence-corrected chi connectivity index (χ1v) is 6.14. The first-order chi connectivity index (χ1) is 8.69. The first kappa shape index (κ1) is 12.3. The molecule has 1 atom stereocenters. The normalized spacial score (nSPS) is 11.8. The summed E-state index contributed by atoms with van der Waals surface area (Å²) in [7, 11) is 0. The molecule has 0 aliphatic carbocycles. The molecule has 0 radical (unpaired) electrons. The summed E-state index contributed by atoms with van der Waals surface area (Å²) >= 11 is 1.40. The van der Waals surface area contributed by atoms with E-state index in [9.17, 15) is 4.79 Å². The molecule has 0 saturated carbocycles. The fourth-order valence-corrected chi connectivity index (χ4v) is 2.10. The van der Waals surface area contributed by atoms with E-state index in [1.54, 1.807) is 23.8 Å². The predicted octanol–water partition coefficient (Wildman–Crippen LogP) is 2.40. The minimum atomic E-state index is -0.735. The van der Waals surface area contributed by atoms with Gasteiger partial charge in [0.05, 0.1) is 18.4 Å². The molecule has 0 unspecified atom stereocenters. The number of aromatic nitrogens is 1. The monoisotopic (exact) mass is 262 g/mol. The minimum absolute atomic E-state index is 0.0588. The third kappa shape index (κ3) is 2.96. The van der Waals surface area contributed by atoms with Crippen molar-refractivity contribution >= 4 is 17.3 Å². The number of carbonyl (C=O) groups is 1. The lowest BCUT2D eigenvalue weighted by atomic mass is 10.3. The van der Waals surface area contributed by atoms with Crippen molar-refractivity contribution in [1.29, 1.82) is 5.26 Å². The van der Waals surface area contributed by atoms with Crippen LogP contribution in [0.25, 0.3) is 10.8 Å². The van der Waals surface area contributed by atoms with Crippen molar-refractivity contribution in [2.45, 2.75) is 19.4 Å². The quantitative estimate of drug-likeness (QED) is 0.791. The molecule has 0 aliphatic rings. The molecule has 2 heterocycles. The zero-order valence-corrected chi connectivity index (χ0v) is 10.4. The van der Waals surface area contributed by atoms with E-state index in [1.165, 1.54) is 18.3 Å². The molecular weight excluding hydrogens is 252 g/mol. The molecule has 2 rings (SSSR count). The Morgan fingerprint density at radius 2 is 2.56 bits per heavy atom. The van der Waals surface area contributed by atoms with E-state index >= 15 is 0 Å². The van der Waals surface area contributed by atoms with Gasteiger partial charge < -0.3 is 9.15 Å². The summed E-state index contributed by atoms with van der Waals surface area (Å²) in [5.74, 6) is 0.213. The van der Waals surface area contributed by atoms with E-state index in [1.807, 2.05) is 6.07 Å². The van der Waals surface area contributed by atoms with Crippen LogP contribution in [0.4, 0.5) is 0 Å². The highest BCUT2D eigenvalue weighted by Gasteiger charge is 2.13. The molecule has 5 nitrogen and oxygen atoms in total. The van der Waals surface area contributed by atoms with Crippen LogP contribution in [0.15, 0.2) is 28.2 Å². The van der Waals surface area contributed by atoms with Crippen molar-refractivity contribution in [3.8, 4) is 16.8 Å². The van der Waals surface area contributed by atoms with E-state index in [4.69, 9.17) is 14.4 Å². The van der Waals surface area contributed by atoms with Crippen LogP contribution >= 0.6 is 11.3 Å². The molecule has 0 saturated heterocycles. The van der Waals surface area contributed by atoms with Crippen molar-refractivity contribution in [3.63, 3.8) is 0 Å². The second kappa shape index (κ2) is 5.47. The molecule has 0 aliphatic heterocycles. The highest BCUT2D eigenvalue weighted by molar-refractivity contribution is 7.13. The van der Waals surface area contributed by atoms with Crippen molar-refractivity contribution < 1.29 is 13.9 Å². The van der Waals surface area contributed by atoms with Crippen LogP contribution in [0.3, 0.4) is 0 Å². The number of nitrogens with zero attached hydrogens (tertiary/aromatic N) is 2. The van der Waals surface area contributed by atoms with E-state index in [0.29, 0.717) is 11.5 Å². The zero-order valence-electron chi connectivity index (χ0n) is 9.62. The number of nitriles is 1. The van der Waals surface area contributed by atoms with Crippen LogP contribution in [-0.4, -0.2) is 17.1 Å². The molecule has 18 heavy (non-hydrogen) atoms. The molecule has 0 spiro atoms. The van der Waals surface area contributed by atoms with Gasteiger partial charge in [0.2, 0.25) is 0 Å². The van der Waals surface area contributed by atoms with Gasteiger partial charge in [0.1, 0.15) is 6.07 Å². The van der Waals surface area contributed by atoms with Crippen molar-refractivity contribution in [2.75, 3.05) is 0 Å². The number of furan rings is 1. The van der Waals surface area contributed by atoms with Crippen molar-refractivity contribution in [1.82, 2.24) is 4.98 Å². The van der Waals surface area contributed by atoms with Crippen molar-refractivity contribution in [2.24, 2.45) is 0 Å². The Kier molecular flexibility index (Phi) is 3.75. The summed E-state index contributed by atoms with van der Waals surface area (Å²) in [5, 5.41) is 11.0. The van der Waals surface area contributed by atoms with Crippen LogP contribution in [0.5, 0.6) is 0 Å². The fourth-order valence-electron chi connectivity index (χ4n) is 1.31. The van der Waals surface area contributed by atoms with Crippen LogP contribution in [0, 0.1) is 11.3 Å². The van der Waals surface area contributed by atoms with Crippen LogP contribution in [0.1, 0.15) is 12.6 Å². The summed E-state index contributed by atoms with van der Waals surface area (Å²) < 4.78 is 10.1. The SMILES string of the molecule is C[C@H](C#N)OC(=O)Cc1csc(-c2ccco2)n1. The van der Waals surface area contributed by atoms with Gasteiger partial charge in [0.15, 0.2) is 16.9 Å². The largest absolute Gasteiger partial charge is 0.462 e.